The monoisotopic (exact) mass is 263 g/mol. The Labute approximate surface area is 114 Å². The highest BCUT2D eigenvalue weighted by Gasteiger charge is 2.24. The summed E-state index contributed by atoms with van der Waals surface area (Å²) in [4.78, 5) is 7.09. The molecule has 18 heavy (non-hydrogen) atoms. The highest BCUT2D eigenvalue weighted by Crippen LogP contribution is 2.24. The molecule has 0 bridgehead atoms. The molecule has 2 atom stereocenters. The number of nitrogens with zero attached hydrogens (tertiary/aromatic N) is 2. The zero-order valence-corrected chi connectivity index (χ0v) is 11.9. The van der Waals surface area contributed by atoms with E-state index in [0.29, 0.717) is 11.0 Å². The fourth-order valence-corrected chi connectivity index (χ4v) is 2.70. The van der Waals surface area contributed by atoms with Crippen LogP contribution in [0.3, 0.4) is 0 Å². The van der Waals surface area contributed by atoms with Crippen molar-refractivity contribution >= 4 is 17.2 Å². The molecule has 1 aromatic heterocycles. The van der Waals surface area contributed by atoms with E-state index in [1.165, 1.54) is 24.9 Å². The lowest BCUT2D eigenvalue weighted by Gasteiger charge is -2.38. The first-order chi connectivity index (χ1) is 8.58. The van der Waals surface area contributed by atoms with Crippen molar-refractivity contribution in [2.75, 3.05) is 6.54 Å². The minimum absolute atomic E-state index is 0.372. The van der Waals surface area contributed by atoms with Gasteiger partial charge in [0.2, 0.25) is 0 Å². The smallest absolute Gasteiger partial charge is 0.122 e. The summed E-state index contributed by atoms with van der Waals surface area (Å²) < 4.78 is 0. The van der Waals surface area contributed by atoms with Crippen molar-refractivity contribution in [3.8, 4) is 0 Å². The lowest BCUT2D eigenvalue weighted by atomic mass is 9.92. The molecule has 2 rings (SSSR count). The highest BCUT2D eigenvalue weighted by molar-refractivity contribution is 7.80. The first-order valence-corrected chi connectivity index (χ1v) is 6.97. The van der Waals surface area contributed by atoms with Crippen molar-refractivity contribution in [3.05, 3.63) is 29.6 Å². The Morgan fingerprint density at radius 2 is 2.33 bits per heavy atom. The number of pyridine rings is 1. The third-order valence-corrected chi connectivity index (χ3v) is 4.18. The molecule has 1 aliphatic rings. The maximum Gasteiger partial charge on any atom is 0.122 e. The van der Waals surface area contributed by atoms with Gasteiger partial charge in [-0.15, -0.1) is 0 Å². The summed E-state index contributed by atoms with van der Waals surface area (Å²) in [6, 6.07) is 4.70. The Balaban J connectivity index is 2.08. The molecule has 0 radical (unpaired) electrons. The van der Waals surface area contributed by atoms with Crippen LogP contribution in [-0.4, -0.2) is 27.5 Å². The molecule has 2 heterocycles. The average Bonchev–Trinajstić information content (AvgIpc) is 2.35. The molecule has 98 valence electrons. The molecule has 1 fully saturated rings. The molecule has 1 aromatic rings. The highest BCUT2D eigenvalue weighted by atomic mass is 32.1. The number of thiocarbonyl (C=S) groups is 1. The second-order valence-corrected chi connectivity index (χ2v) is 5.68. The molecule has 0 amide bonds. The first kappa shape index (κ1) is 13.4. The second-order valence-electron chi connectivity index (χ2n) is 5.24. The molecule has 0 aliphatic carbocycles. The molecule has 0 saturated carbocycles. The van der Waals surface area contributed by atoms with Crippen LogP contribution in [0.5, 0.6) is 0 Å². The van der Waals surface area contributed by atoms with E-state index in [-0.39, 0.29) is 0 Å². The van der Waals surface area contributed by atoms with E-state index in [9.17, 15) is 0 Å². The largest absolute Gasteiger partial charge is 0.388 e. The van der Waals surface area contributed by atoms with Gasteiger partial charge in [0.05, 0.1) is 5.69 Å². The van der Waals surface area contributed by atoms with Crippen molar-refractivity contribution in [1.29, 1.82) is 0 Å². The van der Waals surface area contributed by atoms with Crippen LogP contribution in [0.15, 0.2) is 18.3 Å². The van der Waals surface area contributed by atoms with E-state index in [2.05, 4.69) is 23.7 Å². The van der Waals surface area contributed by atoms with Gasteiger partial charge in [-0.2, -0.15) is 0 Å². The van der Waals surface area contributed by atoms with Gasteiger partial charge in [0.15, 0.2) is 0 Å². The second kappa shape index (κ2) is 5.76. The van der Waals surface area contributed by atoms with E-state index < -0.39 is 0 Å². The van der Waals surface area contributed by atoms with Crippen molar-refractivity contribution in [2.45, 2.75) is 39.3 Å². The number of rotatable bonds is 3. The predicted octanol–water partition coefficient (Wildman–Crippen LogP) is 2.34. The maximum absolute atomic E-state index is 5.62. The fraction of sp³-hybridized carbons (Fsp3) is 0.571. The molecule has 0 spiro atoms. The molecule has 1 saturated heterocycles. The number of nitrogens with two attached hydrogens (primary N) is 1. The Morgan fingerprint density at radius 1 is 1.56 bits per heavy atom. The predicted molar refractivity (Wildman–Crippen MR) is 78.4 cm³/mol. The summed E-state index contributed by atoms with van der Waals surface area (Å²) in [5, 5.41) is 0. The van der Waals surface area contributed by atoms with E-state index >= 15 is 0 Å². The van der Waals surface area contributed by atoms with Crippen LogP contribution in [0.25, 0.3) is 0 Å². The number of aromatic nitrogens is 1. The Morgan fingerprint density at radius 3 is 3.06 bits per heavy atom. The van der Waals surface area contributed by atoms with Gasteiger partial charge in [0.1, 0.15) is 4.99 Å². The van der Waals surface area contributed by atoms with Crippen LogP contribution in [0.2, 0.25) is 0 Å². The lowest BCUT2D eigenvalue weighted by molar-refractivity contribution is 0.106. The van der Waals surface area contributed by atoms with Gasteiger partial charge in [0.25, 0.3) is 0 Å². The molecule has 2 unspecified atom stereocenters. The molecule has 3 nitrogen and oxygen atoms in total. The molecule has 2 N–H and O–H groups in total. The zero-order valence-electron chi connectivity index (χ0n) is 11.1. The van der Waals surface area contributed by atoms with Gasteiger partial charge in [-0.3, -0.25) is 9.88 Å². The summed E-state index contributed by atoms with van der Waals surface area (Å²) in [5.41, 5.74) is 7.59. The van der Waals surface area contributed by atoms with Crippen molar-refractivity contribution < 1.29 is 0 Å². The standard InChI is InChI=1S/C14H21N3S/c1-10-4-3-7-17(11(10)2)9-12-5-6-16-13(8-12)14(15)18/h5-6,8,10-11H,3-4,7,9H2,1-2H3,(H2,15,18). The minimum Gasteiger partial charge on any atom is -0.388 e. The fourth-order valence-electron chi connectivity index (χ4n) is 2.59. The van der Waals surface area contributed by atoms with E-state index in [4.69, 9.17) is 18.0 Å². The molecule has 4 heteroatoms. The van der Waals surface area contributed by atoms with Gasteiger partial charge in [-0.1, -0.05) is 19.1 Å². The summed E-state index contributed by atoms with van der Waals surface area (Å²) in [6.07, 6.45) is 4.42. The topological polar surface area (TPSA) is 42.2 Å². The molecule has 1 aliphatic heterocycles. The van der Waals surface area contributed by atoms with Crippen molar-refractivity contribution in [1.82, 2.24) is 9.88 Å². The minimum atomic E-state index is 0.372. The van der Waals surface area contributed by atoms with E-state index in [0.717, 1.165) is 18.2 Å². The quantitative estimate of drug-likeness (QED) is 0.850. The zero-order chi connectivity index (χ0) is 13.1. The van der Waals surface area contributed by atoms with Crippen LogP contribution in [0, 0.1) is 5.92 Å². The third-order valence-electron chi connectivity index (χ3n) is 3.97. The van der Waals surface area contributed by atoms with Gasteiger partial charge < -0.3 is 5.73 Å². The van der Waals surface area contributed by atoms with Crippen LogP contribution < -0.4 is 5.73 Å². The van der Waals surface area contributed by atoms with Crippen molar-refractivity contribution in [3.63, 3.8) is 0 Å². The number of hydrogen-bond acceptors (Lipinski definition) is 3. The van der Waals surface area contributed by atoms with Gasteiger partial charge in [-0.25, -0.2) is 0 Å². The molecule has 0 aromatic carbocycles. The Hall–Kier alpha value is -1.00. The SMILES string of the molecule is CC1CCCN(Cc2ccnc(C(N)=S)c2)C1C. The molecular formula is C14H21N3S. The average molecular weight is 263 g/mol. The summed E-state index contributed by atoms with van der Waals surface area (Å²) in [5.74, 6) is 0.774. The van der Waals surface area contributed by atoms with Crippen LogP contribution in [0.1, 0.15) is 37.9 Å². The van der Waals surface area contributed by atoms with E-state index in [1.54, 1.807) is 6.20 Å². The Bertz CT molecular complexity index is 433. The number of hydrogen-bond donors (Lipinski definition) is 1. The van der Waals surface area contributed by atoms with Crippen molar-refractivity contribution in [2.24, 2.45) is 11.7 Å². The normalized spacial score (nSPS) is 25.0. The van der Waals surface area contributed by atoms with Crippen LogP contribution in [-0.2, 0) is 6.54 Å². The number of likely N-dealkylation sites (tertiary alicyclic amines) is 1. The Kier molecular flexibility index (Phi) is 4.30. The lowest BCUT2D eigenvalue weighted by Crippen LogP contribution is -2.41. The summed E-state index contributed by atoms with van der Waals surface area (Å²) in [7, 11) is 0. The third kappa shape index (κ3) is 3.06. The molecular weight excluding hydrogens is 242 g/mol. The van der Waals surface area contributed by atoms with Crippen LogP contribution in [0.4, 0.5) is 0 Å². The van der Waals surface area contributed by atoms with Gasteiger partial charge in [0, 0.05) is 18.8 Å². The van der Waals surface area contributed by atoms with Gasteiger partial charge >= 0.3 is 0 Å². The van der Waals surface area contributed by atoms with Gasteiger partial charge in [-0.05, 0) is 49.9 Å². The summed E-state index contributed by atoms with van der Waals surface area (Å²) >= 11 is 4.97. The summed E-state index contributed by atoms with van der Waals surface area (Å²) in [6.45, 7) is 6.79. The maximum atomic E-state index is 5.62. The van der Waals surface area contributed by atoms with Crippen LogP contribution >= 0.6 is 12.2 Å². The van der Waals surface area contributed by atoms with E-state index in [1.807, 2.05) is 12.1 Å². The number of piperidine rings is 1. The first-order valence-electron chi connectivity index (χ1n) is 6.56.